The molecule has 70 heavy (non-hydrogen) atoms. The van der Waals surface area contributed by atoms with Gasteiger partial charge < -0.3 is 40.5 Å². The van der Waals surface area contributed by atoms with Crippen LogP contribution in [0.3, 0.4) is 0 Å². The summed E-state index contributed by atoms with van der Waals surface area (Å²) in [6.07, 6.45) is 4.40. The van der Waals surface area contributed by atoms with Crippen molar-refractivity contribution >= 4 is 40.4 Å². The van der Waals surface area contributed by atoms with Crippen LogP contribution in [-0.2, 0) is 30.6 Å². The topological polar surface area (TPSA) is 179 Å². The number of hydrogen-bond acceptors (Lipinski definition) is 14. The normalized spacial score (nSPS) is 27.2. The van der Waals surface area contributed by atoms with Crippen LogP contribution >= 0.6 is 15.9 Å². The average Bonchev–Trinajstić information content (AvgIpc) is 3.73. The lowest BCUT2D eigenvalue weighted by Crippen LogP contribution is -2.46. The first-order valence-corrected chi connectivity index (χ1v) is 23.4. The first-order chi connectivity index (χ1) is 32.9. The van der Waals surface area contributed by atoms with Gasteiger partial charge in [0.25, 0.3) is 0 Å². The van der Waals surface area contributed by atoms with E-state index in [1.165, 1.54) is 5.06 Å². The van der Waals surface area contributed by atoms with Gasteiger partial charge in [0.05, 0.1) is 22.3 Å². The van der Waals surface area contributed by atoms with Crippen molar-refractivity contribution in [2.75, 3.05) is 27.3 Å². The molecule has 4 aromatic carbocycles. The van der Waals surface area contributed by atoms with Gasteiger partial charge in [-0.15, -0.1) is 0 Å². The Bertz CT molecular complexity index is 2710. The number of hydrogen-bond donors (Lipinski definition) is 4. The Morgan fingerprint density at radius 1 is 0.643 bits per heavy atom. The van der Waals surface area contributed by atoms with Gasteiger partial charge >= 0.3 is 7.12 Å². The van der Waals surface area contributed by atoms with E-state index >= 15 is 0 Å². The monoisotopic (exact) mass is 1050 g/mol. The zero-order valence-electron chi connectivity index (χ0n) is 39.3. The number of nitrogens with two attached hydrogens (primary N) is 2. The van der Waals surface area contributed by atoms with E-state index in [2.05, 4.69) is 48.6 Å². The average molecular weight is 1050 g/mol. The number of rotatable bonds is 4. The zero-order valence-corrected chi connectivity index (χ0v) is 40.8. The number of guanidine groups is 2. The summed E-state index contributed by atoms with van der Waals surface area (Å²) >= 11 is 3.54. The van der Waals surface area contributed by atoms with E-state index in [1.54, 1.807) is 37.4 Å². The lowest BCUT2D eigenvalue weighted by atomic mass is 9.79. The molecule has 6 aliphatic heterocycles. The van der Waals surface area contributed by atoms with E-state index in [0.29, 0.717) is 60.8 Å². The smallest absolute Gasteiger partial charge is 0.489 e. The van der Waals surface area contributed by atoms with Crippen molar-refractivity contribution in [3.05, 3.63) is 111 Å². The minimum absolute atomic E-state index is 0.0138. The first kappa shape index (κ1) is 51.3. The lowest BCUT2D eigenvalue weighted by Gasteiger charge is -2.44. The first-order valence-electron chi connectivity index (χ1n) is 22.6. The Labute approximate surface area is 409 Å². The minimum atomic E-state index is -2.21. The van der Waals surface area contributed by atoms with Gasteiger partial charge in [0.15, 0.2) is 23.3 Å². The second-order valence-electron chi connectivity index (χ2n) is 19.4. The summed E-state index contributed by atoms with van der Waals surface area (Å²) in [7, 11) is 1.23. The maximum Gasteiger partial charge on any atom is 0.491 e. The molecule has 2 saturated heterocycles. The number of fused-ring (bicyclic) bond motifs is 4. The lowest BCUT2D eigenvalue weighted by molar-refractivity contribution is -0.199. The largest absolute Gasteiger partial charge is 0.491 e. The number of benzene rings is 4. The van der Waals surface area contributed by atoms with Gasteiger partial charge in [-0.1, -0.05) is 22.0 Å². The molecule has 0 radical (unpaired) electrons. The molecule has 6 unspecified atom stereocenters. The van der Waals surface area contributed by atoms with E-state index < -0.39 is 58.9 Å². The van der Waals surface area contributed by atoms with Crippen LogP contribution in [0.25, 0.3) is 11.1 Å². The third-order valence-corrected chi connectivity index (χ3v) is 13.7. The summed E-state index contributed by atoms with van der Waals surface area (Å²) in [6.45, 7) is 9.77. The molecule has 0 aliphatic carbocycles. The molecule has 0 bridgehead atoms. The highest BCUT2D eigenvalue weighted by Crippen LogP contribution is 2.51. The van der Waals surface area contributed by atoms with Crippen LogP contribution in [0.5, 0.6) is 11.5 Å². The third-order valence-electron chi connectivity index (χ3n) is 13.2. The van der Waals surface area contributed by atoms with Crippen LogP contribution in [0.15, 0.2) is 75.1 Å². The van der Waals surface area contributed by atoms with Crippen molar-refractivity contribution in [3.8, 4) is 22.6 Å². The Balaban J connectivity index is 0.000000156. The summed E-state index contributed by atoms with van der Waals surface area (Å²) < 4.78 is 105. The molecule has 376 valence electrons. The molecule has 0 amide bonds. The fourth-order valence-corrected chi connectivity index (χ4v) is 10.3. The molecular weight excluding hydrogens is 993 g/mol. The van der Waals surface area contributed by atoms with E-state index in [1.807, 2.05) is 18.2 Å². The molecule has 10 rings (SSSR count). The van der Waals surface area contributed by atoms with E-state index in [9.17, 15) is 26.3 Å². The quantitative estimate of drug-likeness (QED) is 0.0906. The third kappa shape index (κ3) is 10.6. The number of halogens is 7. The zero-order chi connectivity index (χ0) is 50.7. The van der Waals surface area contributed by atoms with Crippen LogP contribution in [0.2, 0.25) is 0 Å². The molecular formula is C48H54BBrF6N6O8. The second-order valence-corrected chi connectivity index (χ2v) is 20.3. The fourth-order valence-electron chi connectivity index (χ4n) is 9.92. The van der Waals surface area contributed by atoms with Crippen LogP contribution in [0, 0.1) is 46.7 Å². The van der Waals surface area contributed by atoms with Crippen molar-refractivity contribution in [1.29, 1.82) is 0 Å². The van der Waals surface area contributed by atoms with Gasteiger partial charge in [0.1, 0.15) is 35.3 Å². The van der Waals surface area contributed by atoms with Gasteiger partial charge in [-0.25, -0.2) is 56.1 Å². The molecule has 2 fully saturated rings. The van der Waals surface area contributed by atoms with Crippen molar-refractivity contribution in [2.45, 2.75) is 101 Å². The van der Waals surface area contributed by atoms with Gasteiger partial charge in [0, 0.05) is 79.6 Å². The SMILES string of the molecule is CN1OC2(CC(C3CCOC(C)(C)C3)Oc3ccc(-c4cc(F)cc(F)c4F)cc32)N=C1N.CN1OC2(CC(C3CCOC(C)(C)C3)Oc3ccc(Br)cc32)N=C1N.OB(O)c1cc(F)cc(F)c1F. The van der Waals surface area contributed by atoms with Crippen LogP contribution < -0.4 is 26.4 Å². The number of hydroxylamine groups is 4. The predicted octanol–water partition coefficient (Wildman–Crippen LogP) is 7.41. The summed E-state index contributed by atoms with van der Waals surface area (Å²) in [4.78, 5) is 21.6. The number of aliphatic imine (C=N–C) groups is 2. The summed E-state index contributed by atoms with van der Waals surface area (Å²) in [5, 5.41) is 19.8. The summed E-state index contributed by atoms with van der Waals surface area (Å²) in [6, 6.07) is 13.1. The fraction of sp³-hybridized carbons (Fsp3) is 0.458. The van der Waals surface area contributed by atoms with Gasteiger partial charge in [-0.2, -0.15) is 0 Å². The van der Waals surface area contributed by atoms with Crippen molar-refractivity contribution in [2.24, 2.45) is 33.3 Å². The predicted molar refractivity (Wildman–Crippen MR) is 250 cm³/mol. The van der Waals surface area contributed by atoms with Crippen LogP contribution in [0.4, 0.5) is 26.3 Å². The van der Waals surface area contributed by atoms with Gasteiger partial charge in [-0.3, -0.25) is 0 Å². The van der Waals surface area contributed by atoms with Crippen molar-refractivity contribution < 1.29 is 65.0 Å². The molecule has 2 spiro atoms. The number of ether oxygens (including phenoxy) is 4. The standard InChI is InChI=1S/C24H26F3N3O3.C18H24BrN3O3.C6H4BF3O2/c1-23(2)11-14(6-7-31-23)20-12-24(29-22(28)30(3)33-24)17-8-13(4-5-19(17)32-20)16-9-15(25)10-18(26)21(16)27;1-17(2)9-11(6-7-23-17)15-10-18(21-16(20)22(3)25-18)13-8-12(19)4-5-14(13)24-15;8-3-1-4(7(11)12)6(10)5(9)2-3/h4-5,8-10,14,20H,6-7,11-12H2,1-3H3,(H2,28,29);4-5,8,11,15H,6-7,9-10H2,1-3H3,(H2,20,21);1-2,11-12H. The molecule has 6 N–H and O–H groups in total. The van der Waals surface area contributed by atoms with E-state index in [0.717, 1.165) is 54.1 Å². The molecule has 0 saturated carbocycles. The maximum absolute atomic E-state index is 14.5. The van der Waals surface area contributed by atoms with Gasteiger partial charge in [0.2, 0.25) is 23.4 Å². The van der Waals surface area contributed by atoms with Crippen LogP contribution in [0.1, 0.15) is 77.3 Å². The molecule has 0 aromatic heterocycles. The Kier molecular flexibility index (Phi) is 14.3. The van der Waals surface area contributed by atoms with Gasteiger partial charge in [-0.05, 0) is 101 Å². The highest BCUT2D eigenvalue weighted by molar-refractivity contribution is 9.10. The molecule has 6 atom stereocenters. The molecule has 4 aromatic rings. The summed E-state index contributed by atoms with van der Waals surface area (Å²) in [5.41, 5.74) is 10.4. The molecule has 6 aliphatic rings. The molecule has 14 nitrogen and oxygen atoms in total. The van der Waals surface area contributed by atoms with E-state index in [4.69, 9.17) is 55.1 Å². The second kappa shape index (κ2) is 19.5. The highest BCUT2D eigenvalue weighted by Gasteiger charge is 2.53. The van der Waals surface area contributed by atoms with Crippen LogP contribution in [-0.4, -0.2) is 89.9 Å². The summed E-state index contributed by atoms with van der Waals surface area (Å²) in [5.74, 6) is -4.69. The Morgan fingerprint density at radius 3 is 1.59 bits per heavy atom. The molecule has 22 heteroatoms. The van der Waals surface area contributed by atoms with Crippen molar-refractivity contribution in [1.82, 2.24) is 10.1 Å². The minimum Gasteiger partial charge on any atom is -0.489 e. The Hall–Kier alpha value is -5.10. The number of nitrogens with zero attached hydrogens (tertiary/aromatic N) is 4. The van der Waals surface area contributed by atoms with Crippen molar-refractivity contribution in [3.63, 3.8) is 0 Å². The molecule has 6 heterocycles. The maximum atomic E-state index is 14.5. The Morgan fingerprint density at radius 2 is 1.11 bits per heavy atom. The highest BCUT2D eigenvalue weighted by atomic mass is 79.9. The van der Waals surface area contributed by atoms with E-state index in [-0.39, 0.29) is 46.4 Å².